The molecule has 4 rings (SSSR count). The first kappa shape index (κ1) is 16.4. The van der Waals surface area contributed by atoms with E-state index in [-0.39, 0.29) is 11.4 Å². The molecule has 0 aromatic heterocycles. The van der Waals surface area contributed by atoms with Gasteiger partial charge in [-0.1, -0.05) is 30.3 Å². The van der Waals surface area contributed by atoms with Crippen molar-refractivity contribution in [1.29, 1.82) is 0 Å². The number of ether oxygens (including phenoxy) is 1. The average Bonchev–Trinajstić information content (AvgIpc) is 3.19. The van der Waals surface area contributed by atoms with Crippen LogP contribution in [0.5, 0.6) is 5.75 Å². The molecule has 0 radical (unpaired) electrons. The minimum atomic E-state index is -0.492. The largest absolute Gasteiger partial charge is 0.481 e. The molecule has 0 saturated carbocycles. The normalized spacial score (nSPS) is 20.4. The number of nitrogens with zero attached hydrogens (tertiary/aromatic N) is 1. The third-order valence-electron chi connectivity index (χ3n) is 5.81. The van der Waals surface area contributed by atoms with Crippen molar-refractivity contribution in [1.82, 2.24) is 10.2 Å². The Hall–Kier alpha value is -2.07. The zero-order valence-electron chi connectivity index (χ0n) is 14.8. The summed E-state index contributed by atoms with van der Waals surface area (Å²) in [7, 11) is 0. The van der Waals surface area contributed by atoms with Crippen LogP contribution in [0.15, 0.2) is 42.5 Å². The maximum absolute atomic E-state index is 12.5. The van der Waals surface area contributed by atoms with Gasteiger partial charge in [0, 0.05) is 12.1 Å². The number of carbonyl (C=O) groups is 1. The fraction of sp³-hybridized carbons (Fsp3) is 0.476. The smallest absolute Gasteiger partial charge is 0.260 e. The predicted octanol–water partition coefficient (Wildman–Crippen LogP) is 3.35. The lowest BCUT2D eigenvalue weighted by molar-refractivity contribution is -0.127. The Labute approximate surface area is 149 Å². The van der Waals surface area contributed by atoms with Gasteiger partial charge in [-0.15, -0.1) is 0 Å². The molecule has 2 saturated heterocycles. The first-order chi connectivity index (χ1) is 12.2. The molecule has 2 aliphatic rings. The molecular formula is C21H26N2O2. The van der Waals surface area contributed by atoms with Crippen molar-refractivity contribution in [2.75, 3.05) is 19.6 Å². The average molecular weight is 338 g/mol. The second-order valence-electron chi connectivity index (χ2n) is 7.41. The van der Waals surface area contributed by atoms with Gasteiger partial charge in [-0.25, -0.2) is 0 Å². The van der Waals surface area contributed by atoms with Crippen molar-refractivity contribution in [2.45, 2.75) is 44.2 Å². The van der Waals surface area contributed by atoms with Gasteiger partial charge in [0.15, 0.2) is 6.10 Å². The molecule has 2 aromatic carbocycles. The van der Waals surface area contributed by atoms with E-state index < -0.39 is 6.10 Å². The Morgan fingerprint density at radius 3 is 2.64 bits per heavy atom. The Balaban J connectivity index is 1.36. The van der Waals surface area contributed by atoms with E-state index in [9.17, 15) is 4.79 Å². The Bertz CT molecular complexity index is 763. The lowest BCUT2D eigenvalue weighted by Crippen LogP contribution is -2.50. The second kappa shape index (κ2) is 6.68. The molecule has 0 unspecified atom stereocenters. The summed E-state index contributed by atoms with van der Waals surface area (Å²) in [5.41, 5.74) is 0.207. The first-order valence-electron chi connectivity index (χ1n) is 9.35. The lowest BCUT2D eigenvalue weighted by atomic mass is 9.94. The van der Waals surface area contributed by atoms with E-state index in [0.29, 0.717) is 0 Å². The first-order valence-corrected chi connectivity index (χ1v) is 9.35. The van der Waals surface area contributed by atoms with Gasteiger partial charge >= 0.3 is 0 Å². The van der Waals surface area contributed by atoms with Crippen LogP contribution in [0.25, 0.3) is 10.8 Å². The molecule has 2 aliphatic heterocycles. The van der Waals surface area contributed by atoms with Crippen LogP contribution in [0.1, 0.15) is 32.6 Å². The Morgan fingerprint density at radius 2 is 1.88 bits per heavy atom. The molecule has 2 fully saturated rings. The number of rotatable bonds is 5. The Morgan fingerprint density at radius 1 is 1.16 bits per heavy atom. The quantitative estimate of drug-likeness (QED) is 0.909. The van der Waals surface area contributed by atoms with Gasteiger partial charge < -0.3 is 10.1 Å². The van der Waals surface area contributed by atoms with Crippen LogP contribution >= 0.6 is 0 Å². The molecule has 0 bridgehead atoms. The summed E-state index contributed by atoms with van der Waals surface area (Å²) in [5.74, 6) is 0.712. The lowest BCUT2D eigenvalue weighted by Gasteiger charge is -2.32. The number of hydrogen-bond acceptors (Lipinski definition) is 3. The SMILES string of the molecule is C[C@H](Oc1ccc2ccccc2c1)C(=O)NCC12CCCN1CCC2. The number of hydrogen-bond donors (Lipinski definition) is 1. The van der Waals surface area contributed by atoms with Crippen LogP contribution in [0.4, 0.5) is 0 Å². The van der Waals surface area contributed by atoms with E-state index in [4.69, 9.17) is 4.74 Å². The van der Waals surface area contributed by atoms with Crippen molar-refractivity contribution < 1.29 is 9.53 Å². The van der Waals surface area contributed by atoms with Crippen LogP contribution in [0.3, 0.4) is 0 Å². The van der Waals surface area contributed by atoms with Crippen molar-refractivity contribution in [3.8, 4) is 5.75 Å². The van der Waals surface area contributed by atoms with E-state index in [0.717, 1.165) is 17.7 Å². The fourth-order valence-electron chi connectivity index (χ4n) is 4.41. The van der Waals surface area contributed by atoms with Crippen LogP contribution in [0, 0.1) is 0 Å². The number of benzene rings is 2. The molecular weight excluding hydrogens is 312 g/mol. The topological polar surface area (TPSA) is 41.6 Å². The Kier molecular flexibility index (Phi) is 4.38. The molecule has 132 valence electrons. The highest BCUT2D eigenvalue weighted by Crippen LogP contribution is 2.38. The third-order valence-corrected chi connectivity index (χ3v) is 5.81. The fourth-order valence-corrected chi connectivity index (χ4v) is 4.41. The molecule has 4 heteroatoms. The summed E-state index contributed by atoms with van der Waals surface area (Å²) in [4.78, 5) is 15.1. The molecule has 25 heavy (non-hydrogen) atoms. The highest BCUT2D eigenvalue weighted by Gasteiger charge is 2.44. The number of fused-ring (bicyclic) bond motifs is 2. The van der Waals surface area contributed by atoms with Crippen molar-refractivity contribution in [3.05, 3.63) is 42.5 Å². The molecule has 4 nitrogen and oxygen atoms in total. The van der Waals surface area contributed by atoms with Crippen molar-refractivity contribution in [3.63, 3.8) is 0 Å². The van der Waals surface area contributed by atoms with Gasteiger partial charge in [0.05, 0.1) is 0 Å². The molecule has 2 heterocycles. The predicted molar refractivity (Wildman–Crippen MR) is 99.8 cm³/mol. The molecule has 2 aromatic rings. The van der Waals surface area contributed by atoms with Gasteiger partial charge in [-0.05, 0) is 68.6 Å². The minimum Gasteiger partial charge on any atom is -0.481 e. The molecule has 1 amide bonds. The summed E-state index contributed by atoms with van der Waals surface area (Å²) >= 11 is 0. The second-order valence-corrected chi connectivity index (χ2v) is 7.41. The molecule has 1 N–H and O–H groups in total. The van der Waals surface area contributed by atoms with Gasteiger partial charge in [0.2, 0.25) is 0 Å². The molecule has 0 spiro atoms. The van der Waals surface area contributed by atoms with Gasteiger partial charge in [-0.3, -0.25) is 9.69 Å². The maximum atomic E-state index is 12.5. The van der Waals surface area contributed by atoms with Gasteiger partial charge in [0.1, 0.15) is 5.75 Å². The van der Waals surface area contributed by atoms with Crippen molar-refractivity contribution in [2.24, 2.45) is 0 Å². The van der Waals surface area contributed by atoms with E-state index >= 15 is 0 Å². The monoisotopic (exact) mass is 338 g/mol. The maximum Gasteiger partial charge on any atom is 0.260 e. The summed E-state index contributed by atoms with van der Waals surface area (Å²) in [6.07, 6.45) is 4.41. The summed E-state index contributed by atoms with van der Waals surface area (Å²) in [5, 5.41) is 5.44. The highest BCUT2D eigenvalue weighted by atomic mass is 16.5. The summed E-state index contributed by atoms with van der Waals surface area (Å²) in [6, 6.07) is 14.1. The third kappa shape index (κ3) is 3.23. The van der Waals surface area contributed by atoms with E-state index in [2.05, 4.69) is 22.3 Å². The van der Waals surface area contributed by atoms with Gasteiger partial charge in [0.25, 0.3) is 5.91 Å². The number of nitrogens with one attached hydrogen (secondary N) is 1. The summed E-state index contributed by atoms with van der Waals surface area (Å²) < 4.78 is 5.88. The van der Waals surface area contributed by atoms with Crippen molar-refractivity contribution >= 4 is 16.7 Å². The number of amides is 1. The highest BCUT2D eigenvalue weighted by molar-refractivity contribution is 5.84. The van der Waals surface area contributed by atoms with Crippen LogP contribution in [-0.4, -0.2) is 42.1 Å². The number of carbonyl (C=O) groups excluding carboxylic acids is 1. The van der Waals surface area contributed by atoms with Gasteiger partial charge in [-0.2, -0.15) is 0 Å². The zero-order valence-corrected chi connectivity index (χ0v) is 14.8. The standard InChI is InChI=1S/C21H26N2O2/c1-16(25-19-9-8-17-6-2-3-7-18(17)14-19)20(24)22-15-21-10-4-12-23(21)13-5-11-21/h2-3,6-9,14,16H,4-5,10-13,15H2,1H3,(H,22,24)/t16-/m0/s1. The van der Waals surface area contributed by atoms with E-state index in [1.165, 1.54) is 44.2 Å². The summed E-state index contributed by atoms with van der Waals surface area (Å²) in [6.45, 7) is 4.93. The molecule has 0 aliphatic carbocycles. The van der Waals surface area contributed by atoms with E-state index in [1.807, 2.05) is 37.3 Å². The van der Waals surface area contributed by atoms with E-state index in [1.54, 1.807) is 0 Å². The van der Waals surface area contributed by atoms with Crippen LogP contribution < -0.4 is 10.1 Å². The zero-order chi connectivity index (χ0) is 17.3. The van der Waals surface area contributed by atoms with Crippen LogP contribution in [0.2, 0.25) is 0 Å². The minimum absolute atomic E-state index is 0.0266. The molecule has 1 atom stereocenters. The van der Waals surface area contributed by atoms with Crippen LogP contribution in [-0.2, 0) is 4.79 Å².